The van der Waals surface area contributed by atoms with Crippen molar-refractivity contribution in [2.24, 2.45) is 0 Å². The fraction of sp³-hybridized carbons (Fsp3) is 0.333. The van der Waals surface area contributed by atoms with Crippen molar-refractivity contribution < 1.29 is 5.11 Å². The van der Waals surface area contributed by atoms with Crippen molar-refractivity contribution in [1.82, 2.24) is 14.5 Å². The number of aliphatic hydroxyl groups excluding tert-OH is 1. The zero-order valence-electron chi connectivity index (χ0n) is 9.74. The van der Waals surface area contributed by atoms with Crippen LogP contribution in [0.15, 0.2) is 30.9 Å². The molecule has 0 bridgehead atoms. The molecule has 2 heterocycles. The lowest BCUT2D eigenvalue weighted by Gasteiger charge is -2.14. The van der Waals surface area contributed by atoms with Gasteiger partial charge in [0, 0.05) is 18.3 Å². The second-order valence-corrected chi connectivity index (χ2v) is 3.89. The summed E-state index contributed by atoms with van der Waals surface area (Å²) < 4.78 is 1.93. The van der Waals surface area contributed by atoms with E-state index in [-0.39, 0.29) is 0 Å². The summed E-state index contributed by atoms with van der Waals surface area (Å²) >= 11 is 0. The summed E-state index contributed by atoms with van der Waals surface area (Å²) in [7, 11) is 0. The Morgan fingerprint density at radius 3 is 3.06 bits per heavy atom. The van der Waals surface area contributed by atoms with Gasteiger partial charge in [0.05, 0.1) is 18.2 Å². The van der Waals surface area contributed by atoms with Crippen LogP contribution in [-0.2, 0) is 6.54 Å². The molecule has 17 heavy (non-hydrogen) atoms. The number of imidazole rings is 1. The van der Waals surface area contributed by atoms with Gasteiger partial charge in [-0.05, 0) is 12.5 Å². The number of nitrogens with two attached hydrogens (primary N) is 1. The molecule has 0 aliphatic heterocycles. The molecule has 0 aliphatic carbocycles. The molecule has 0 fully saturated rings. The molecule has 0 amide bonds. The molecule has 0 aliphatic rings. The molecule has 0 saturated carbocycles. The molecular weight excluding hydrogens is 216 g/mol. The minimum atomic E-state index is -0.780. The van der Waals surface area contributed by atoms with E-state index in [1.807, 2.05) is 4.57 Å². The molecular formula is C12H16N4O. The second kappa shape index (κ2) is 4.97. The van der Waals surface area contributed by atoms with Crippen molar-refractivity contribution in [1.29, 1.82) is 0 Å². The van der Waals surface area contributed by atoms with Crippen LogP contribution >= 0.6 is 0 Å². The number of anilines is 1. The Bertz CT molecular complexity index is 495. The summed E-state index contributed by atoms with van der Waals surface area (Å²) in [6.07, 6.45) is 5.19. The molecule has 0 aromatic carbocycles. The molecule has 0 saturated heterocycles. The highest BCUT2D eigenvalue weighted by molar-refractivity contribution is 5.42. The van der Waals surface area contributed by atoms with E-state index in [1.54, 1.807) is 30.9 Å². The first-order chi connectivity index (χ1) is 8.24. The van der Waals surface area contributed by atoms with Crippen LogP contribution in [0.25, 0.3) is 0 Å². The van der Waals surface area contributed by atoms with E-state index in [1.165, 1.54) is 0 Å². The number of nitrogens with zero attached hydrogens (tertiary/aromatic N) is 3. The standard InChI is InChI=1S/C12H16N4O/c1-2-6-16-8-14-7-10(16)11(17)9-4-3-5-15-12(9)13/h3-5,7-8,11,17H,2,6H2,1H3,(H2,13,15). The molecule has 2 rings (SSSR count). The third kappa shape index (κ3) is 2.29. The van der Waals surface area contributed by atoms with Crippen LogP contribution in [0.1, 0.15) is 30.7 Å². The van der Waals surface area contributed by atoms with Gasteiger partial charge in [0.1, 0.15) is 11.9 Å². The van der Waals surface area contributed by atoms with E-state index in [0.29, 0.717) is 11.4 Å². The summed E-state index contributed by atoms with van der Waals surface area (Å²) in [5.41, 5.74) is 7.11. The molecule has 5 heteroatoms. The number of hydrogen-bond donors (Lipinski definition) is 2. The zero-order valence-corrected chi connectivity index (χ0v) is 9.74. The minimum Gasteiger partial charge on any atom is -0.383 e. The maximum atomic E-state index is 10.3. The van der Waals surface area contributed by atoms with Crippen molar-refractivity contribution >= 4 is 5.82 Å². The number of pyridine rings is 1. The summed E-state index contributed by atoms with van der Waals surface area (Å²) in [5.74, 6) is 0.351. The number of aliphatic hydroxyl groups is 1. The number of nitrogen functional groups attached to an aromatic ring is 1. The summed E-state index contributed by atoms with van der Waals surface area (Å²) in [6, 6.07) is 3.53. The quantitative estimate of drug-likeness (QED) is 0.834. The van der Waals surface area contributed by atoms with E-state index >= 15 is 0 Å². The molecule has 5 nitrogen and oxygen atoms in total. The van der Waals surface area contributed by atoms with Crippen LogP contribution in [-0.4, -0.2) is 19.6 Å². The zero-order chi connectivity index (χ0) is 12.3. The topological polar surface area (TPSA) is 77.0 Å². The van der Waals surface area contributed by atoms with Gasteiger partial charge in [-0.1, -0.05) is 13.0 Å². The first kappa shape index (κ1) is 11.6. The van der Waals surface area contributed by atoms with Crippen LogP contribution in [0.3, 0.4) is 0 Å². The maximum absolute atomic E-state index is 10.3. The van der Waals surface area contributed by atoms with Crippen molar-refractivity contribution in [2.45, 2.75) is 26.0 Å². The van der Waals surface area contributed by atoms with E-state index in [9.17, 15) is 5.11 Å². The highest BCUT2D eigenvalue weighted by atomic mass is 16.3. The van der Waals surface area contributed by atoms with Crippen LogP contribution in [0.5, 0.6) is 0 Å². The molecule has 1 unspecified atom stereocenters. The minimum absolute atomic E-state index is 0.351. The van der Waals surface area contributed by atoms with Crippen LogP contribution in [0.2, 0.25) is 0 Å². The van der Waals surface area contributed by atoms with Crippen LogP contribution in [0, 0.1) is 0 Å². The van der Waals surface area contributed by atoms with Crippen LogP contribution < -0.4 is 5.73 Å². The van der Waals surface area contributed by atoms with Crippen molar-refractivity contribution in [3.63, 3.8) is 0 Å². The van der Waals surface area contributed by atoms with Crippen LogP contribution in [0.4, 0.5) is 5.82 Å². The van der Waals surface area contributed by atoms with Crippen molar-refractivity contribution in [2.75, 3.05) is 5.73 Å². The number of hydrogen-bond acceptors (Lipinski definition) is 4. The molecule has 2 aromatic heterocycles. The fourth-order valence-electron chi connectivity index (χ4n) is 1.81. The SMILES string of the molecule is CCCn1cncc1C(O)c1cccnc1N. The fourth-order valence-corrected chi connectivity index (χ4v) is 1.81. The number of rotatable bonds is 4. The third-order valence-corrected chi connectivity index (χ3v) is 2.65. The van der Waals surface area contributed by atoms with Gasteiger partial charge in [0.15, 0.2) is 0 Å². The lowest BCUT2D eigenvalue weighted by Crippen LogP contribution is -2.10. The number of aryl methyl sites for hydroxylation is 1. The Balaban J connectivity index is 2.34. The van der Waals surface area contributed by atoms with Gasteiger partial charge in [0.2, 0.25) is 0 Å². The lowest BCUT2D eigenvalue weighted by molar-refractivity contribution is 0.210. The molecule has 0 spiro atoms. The second-order valence-electron chi connectivity index (χ2n) is 3.89. The number of aromatic nitrogens is 3. The van der Waals surface area contributed by atoms with Gasteiger partial charge in [-0.15, -0.1) is 0 Å². The molecule has 0 radical (unpaired) electrons. The Kier molecular flexibility index (Phi) is 3.39. The Hall–Kier alpha value is -1.88. The van der Waals surface area contributed by atoms with Gasteiger partial charge in [-0.25, -0.2) is 9.97 Å². The molecule has 1 atom stereocenters. The van der Waals surface area contributed by atoms with Gasteiger partial charge in [0.25, 0.3) is 0 Å². The predicted molar refractivity (Wildman–Crippen MR) is 65.2 cm³/mol. The van der Waals surface area contributed by atoms with Gasteiger partial charge in [-0.3, -0.25) is 0 Å². The van der Waals surface area contributed by atoms with E-state index in [4.69, 9.17) is 5.73 Å². The van der Waals surface area contributed by atoms with E-state index in [0.717, 1.165) is 18.7 Å². The average Bonchev–Trinajstić information content (AvgIpc) is 2.78. The van der Waals surface area contributed by atoms with E-state index in [2.05, 4.69) is 16.9 Å². The van der Waals surface area contributed by atoms with Gasteiger partial charge >= 0.3 is 0 Å². The highest BCUT2D eigenvalue weighted by Gasteiger charge is 2.17. The average molecular weight is 232 g/mol. The first-order valence-electron chi connectivity index (χ1n) is 5.62. The monoisotopic (exact) mass is 232 g/mol. The molecule has 3 N–H and O–H groups in total. The highest BCUT2D eigenvalue weighted by Crippen LogP contribution is 2.24. The summed E-state index contributed by atoms with van der Waals surface area (Å²) in [5, 5.41) is 10.3. The normalized spacial score (nSPS) is 12.6. The first-order valence-corrected chi connectivity index (χ1v) is 5.62. The third-order valence-electron chi connectivity index (χ3n) is 2.65. The largest absolute Gasteiger partial charge is 0.383 e. The van der Waals surface area contributed by atoms with E-state index < -0.39 is 6.10 Å². The maximum Gasteiger partial charge on any atom is 0.129 e. The Morgan fingerprint density at radius 1 is 1.53 bits per heavy atom. The van der Waals surface area contributed by atoms with Crippen molar-refractivity contribution in [3.8, 4) is 0 Å². The summed E-state index contributed by atoms with van der Waals surface area (Å²) in [4.78, 5) is 8.03. The Labute approximate surface area is 99.9 Å². The molecule has 90 valence electrons. The Morgan fingerprint density at radius 2 is 2.35 bits per heavy atom. The van der Waals surface area contributed by atoms with Gasteiger partial charge < -0.3 is 15.4 Å². The predicted octanol–water partition coefficient (Wildman–Crippen LogP) is 1.35. The summed E-state index contributed by atoms with van der Waals surface area (Å²) in [6.45, 7) is 2.90. The smallest absolute Gasteiger partial charge is 0.129 e. The van der Waals surface area contributed by atoms with Gasteiger partial charge in [-0.2, -0.15) is 0 Å². The lowest BCUT2D eigenvalue weighted by atomic mass is 10.1. The van der Waals surface area contributed by atoms with Crippen molar-refractivity contribution in [3.05, 3.63) is 42.1 Å². The molecule has 2 aromatic rings.